The molecule has 0 aromatic rings. The van der Waals surface area contributed by atoms with E-state index in [0.29, 0.717) is 13.0 Å². The fourth-order valence-electron chi connectivity index (χ4n) is 1.21. The molecule has 0 aromatic carbocycles. The molecule has 0 fully saturated rings. The summed E-state index contributed by atoms with van der Waals surface area (Å²) < 4.78 is 4.91. The highest BCUT2D eigenvalue weighted by atomic mass is 16.5. The van der Waals surface area contributed by atoms with Crippen LogP contribution in [0.4, 0.5) is 0 Å². The molecule has 0 aliphatic heterocycles. The van der Waals surface area contributed by atoms with Crippen LogP contribution in [0.5, 0.6) is 0 Å². The highest BCUT2D eigenvalue weighted by Gasteiger charge is 2.29. The van der Waals surface area contributed by atoms with E-state index in [4.69, 9.17) is 10.5 Å². The molecule has 0 heterocycles. The number of hydrogen-bond acceptors (Lipinski definition) is 3. The molecular formula is C9H19NO2. The molecule has 0 radical (unpaired) electrons. The van der Waals surface area contributed by atoms with Crippen LogP contribution in [0.1, 0.15) is 34.1 Å². The predicted molar refractivity (Wildman–Crippen MR) is 48.7 cm³/mol. The van der Waals surface area contributed by atoms with Gasteiger partial charge in [0.1, 0.15) is 0 Å². The minimum atomic E-state index is -0.454. The molecule has 0 amide bonds. The van der Waals surface area contributed by atoms with E-state index >= 15 is 0 Å². The summed E-state index contributed by atoms with van der Waals surface area (Å²) >= 11 is 0. The van der Waals surface area contributed by atoms with Gasteiger partial charge >= 0.3 is 5.97 Å². The molecule has 3 heteroatoms. The second kappa shape index (κ2) is 4.45. The fraction of sp³-hybridized carbons (Fsp3) is 0.889. The van der Waals surface area contributed by atoms with Gasteiger partial charge in [-0.15, -0.1) is 0 Å². The van der Waals surface area contributed by atoms with Gasteiger partial charge in [-0.3, -0.25) is 4.79 Å². The zero-order valence-electron chi connectivity index (χ0n) is 8.39. The Labute approximate surface area is 74.3 Å². The Morgan fingerprint density at radius 3 is 2.42 bits per heavy atom. The van der Waals surface area contributed by atoms with Gasteiger partial charge in [0.05, 0.1) is 12.0 Å². The second-order valence-corrected chi connectivity index (χ2v) is 3.79. The number of rotatable bonds is 4. The largest absolute Gasteiger partial charge is 0.466 e. The van der Waals surface area contributed by atoms with Crippen LogP contribution in [-0.2, 0) is 9.53 Å². The molecule has 0 aliphatic rings. The quantitative estimate of drug-likeness (QED) is 0.652. The number of carbonyl (C=O) groups excluding carboxylic acids is 1. The standard InChI is InChI=1S/C9H19NO2/c1-5-12-8(11)9(3,4)6-7(2)10/h7H,5-6,10H2,1-4H3. The summed E-state index contributed by atoms with van der Waals surface area (Å²) in [4.78, 5) is 11.3. The number of nitrogens with two attached hydrogens (primary N) is 1. The number of hydrogen-bond donors (Lipinski definition) is 1. The van der Waals surface area contributed by atoms with E-state index in [2.05, 4.69) is 0 Å². The van der Waals surface area contributed by atoms with Crippen LogP contribution < -0.4 is 5.73 Å². The van der Waals surface area contributed by atoms with Gasteiger partial charge in [0.15, 0.2) is 0 Å². The number of carbonyl (C=O) groups is 1. The molecule has 0 spiro atoms. The van der Waals surface area contributed by atoms with E-state index in [-0.39, 0.29) is 12.0 Å². The van der Waals surface area contributed by atoms with Crippen molar-refractivity contribution in [3.63, 3.8) is 0 Å². The van der Waals surface area contributed by atoms with Crippen molar-refractivity contribution in [3.8, 4) is 0 Å². The Hall–Kier alpha value is -0.570. The van der Waals surface area contributed by atoms with E-state index in [1.165, 1.54) is 0 Å². The van der Waals surface area contributed by atoms with Gasteiger partial charge in [-0.2, -0.15) is 0 Å². The molecule has 0 aromatic heterocycles. The zero-order valence-corrected chi connectivity index (χ0v) is 8.39. The Morgan fingerprint density at radius 2 is 2.08 bits per heavy atom. The molecular weight excluding hydrogens is 154 g/mol. The summed E-state index contributed by atoms with van der Waals surface area (Å²) in [5.41, 5.74) is 5.15. The summed E-state index contributed by atoms with van der Waals surface area (Å²) in [6.45, 7) is 7.84. The summed E-state index contributed by atoms with van der Waals surface area (Å²) in [6, 6.07) is 0.0319. The molecule has 0 saturated heterocycles. The Kier molecular flexibility index (Phi) is 4.24. The molecule has 1 unspecified atom stereocenters. The Balaban J connectivity index is 4.09. The van der Waals surface area contributed by atoms with Gasteiger partial charge in [0, 0.05) is 6.04 Å². The van der Waals surface area contributed by atoms with Crippen LogP contribution in [0.25, 0.3) is 0 Å². The Morgan fingerprint density at radius 1 is 1.58 bits per heavy atom. The average Bonchev–Trinajstić information content (AvgIpc) is 1.85. The smallest absolute Gasteiger partial charge is 0.311 e. The summed E-state index contributed by atoms with van der Waals surface area (Å²) in [7, 11) is 0. The first-order valence-electron chi connectivity index (χ1n) is 4.33. The third kappa shape index (κ3) is 3.72. The van der Waals surface area contributed by atoms with Crippen molar-refractivity contribution in [2.24, 2.45) is 11.1 Å². The molecule has 1 atom stereocenters. The van der Waals surface area contributed by atoms with Crippen LogP contribution in [0.2, 0.25) is 0 Å². The van der Waals surface area contributed by atoms with E-state index in [1.807, 2.05) is 20.8 Å². The van der Waals surface area contributed by atoms with Gasteiger partial charge in [-0.25, -0.2) is 0 Å². The highest BCUT2D eigenvalue weighted by Crippen LogP contribution is 2.23. The van der Waals surface area contributed by atoms with E-state index in [0.717, 1.165) is 0 Å². The third-order valence-electron chi connectivity index (χ3n) is 1.66. The van der Waals surface area contributed by atoms with Gasteiger partial charge in [0.2, 0.25) is 0 Å². The van der Waals surface area contributed by atoms with Crippen LogP contribution in [0.15, 0.2) is 0 Å². The van der Waals surface area contributed by atoms with Gasteiger partial charge in [-0.1, -0.05) is 0 Å². The van der Waals surface area contributed by atoms with Crippen molar-refractivity contribution in [1.29, 1.82) is 0 Å². The van der Waals surface area contributed by atoms with Crippen molar-refractivity contribution < 1.29 is 9.53 Å². The maximum atomic E-state index is 11.3. The molecule has 0 rings (SSSR count). The molecule has 0 aliphatic carbocycles. The van der Waals surface area contributed by atoms with Gasteiger partial charge < -0.3 is 10.5 Å². The topological polar surface area (TPSA) is 52.3 Å². The molecule has 3 nitrogen and oxygen atoms in total. The SMILES string of the molecule is CCOC(=O)C(C)(C)CC(C)N. The number of esters is 1. The third-order valence-corrected chi connectivity index (χ3v) is 1.66. The van der Waals surface area contributed by atoms with Crippen molar-refractivity contribution >= 4 is 5.97 Å². The lowest BCUT2D eigenvalue weighted by atomic mass is 9.86. The molecule has 12 heavy (non-hydrogen) atoms. The van der Waals surface area contributed by atoms with Crippen LogP contribution >= 0.6 is 0 Å². The molecule has 0 bridgehead atoms. The predicted octanol–water partition coefficient (Wildman–Crippen LogP) is 1.31. The van der Waals surface area contributed by atoms with Crippen molar-refractivity contribution in [2.45, 2.75) is 40.2 Å². The lowest BCUT2D eigenvalue weighted by Gasteiger charge is -2.23. The molecule has 2 N–H and O–H groups in total. The summed E-state index contributed by atoms with van der Waals surface area (Å²) in [5, 5.41) is 0. The first-order valence-corrected chi connectivity index (χ1v) is 4.33. The van der Waals surface area contributed by atoms with E-state index < -0.39 is 5.41 Å². The number of ether oxygens (including phenoxy) is 1. The normalized spacial score (nSPS) is 14.1. The van der Waals surface area contributed by atoms with Crippen LogP contribution in [0.3, 0.4) is 0 Å². The van der Waals surface area contributed by atoms with Gasteiger partial charge in [0.25, 0.3) is 0 Å². The van der Waals surface area contributed by atoms with Gasteiger partial charge in [-0.05, 0) is 34.1 Å². The van der Waals surface area contributed by atoms with Crippen molar-refractivity contribution in [1.82, 2.24) is 0 Å². The first kappa shape index (κ1) is 11.4. The highest BCUT2D eigenvalue weighted by molar-refractivity contribution is 5.75. The average molecular weight is 173 g/mol. The molecule has 72 valence electrons. The second-order valence-electron chi connectivity index (χ2n) is 3.79. The minimum Gasteiger partial charge on any atom is -0.466 e. The lowest BCUT2D eigenvalue weighted by molar-refractivity contribution is -0.153. The Bertz CT molecular complexity index is 153. The fourth-order valence-corrected chi connectivity index (χ4v) is 1.21. The van der Waals surface area contributed by atoms with Crippen LogP contribution in [-0.4, -0.2) is 18.6 Å². The molecule has 0 saturated carbocycles. The van der Waals surface area contributed by atoms with E-state index in [9.17, 15) is 4.79 Å². The summed E-state index contributed by atoms with van der Waals surface area (Å²) in [5.74, 6) is -0.165. The van der Waals surface area contributed by atoms with E-state index in [1.54, 1.807) is 6.92 Å². The minimum absolute atomic E-state index is 0.0319. The van der Waals surface area contributed by atoms with Crippen molar-refractivity contribution in [3.05, 3.63) is 0 Å². The maximum absolute atomic E-state index is 11.3. The maximum Gasteiger partial charge on any atom is 0.311 e. The monoisotopic (exact) mass is 173 g/mol. The summed E-state index contributed by atoms with van der Waals surface area (Å²) in [6.07, 6.45) is 0.659. The van der Waals surface area contributed by atoms with Crippen molar-refractivity contribution in [2.75, 3.05) is 6.61 Å². The first-order chi connectivity index (χ1) is 5.40. The lowest BCUT2D eigenvalue weighted by Crippen LogP contribution is -2.33. The van der Waals surface area contributed by atoms with Crippen LogP contribution in [0, 0.1) is 5.41 Å². The zero-order chi connectivity index (χ0) is 9.78.